The zero-order valence-corrected chi connectivity index (χ0v) is 11.8. The van der Waals surface area contributed by atoms with Crippen LogP contribution in [0.2, 0.25) is 0 Å². The number of carbonyl (C=O) groups is 3. The Balaban J connectivity index is 2.00. The quantitative estimate of drug-likeness (QED) is 0.486. The minimum atomic E-state index is -0.633. The molecule has 2 rings (SSSR count). The van der Waals surface area contributed by atoms with Gasteiger partial charge in [-0.2, -0.15) is 0 Å². The molecule has 0 radical (unpaired) electrons. The number of hydrogen-bond acceptors (Lipinski definition) is 7. The van der Waals surface area contributed by atoms with Crippen LogP contribution in [0.5, 0.6) is 0 Å². The molecule has 20 heavy (non-hydrogen) atoms. The highest BCUT2D eigenvalue weighted by Crippen LogP contribution is 2.23. The molecule has 1 aromatic rings. The molecule has 0 unspecified atom stereocenters. The van der Waals surface area contributed by atoms with E-state index in [0.717, 1.165) is 17.8 Å². The SMILES string of the molecule is COC(=O)C=C1S/C(=N\NC(=O)c2cccs2)NC1=O. The lowest BCUT2D eigenvalue weighted by atomic mass is 10.4. The number of methoxy groups -OCH3 is 1. The molecule has 104 valence electrons. The van der Waals surface area contributed by atoms with Gasteiger partial charge in [0.05, 0.1) is 16.9 Å². The van der Waals surface area contributed by atoms with E-state index < -0.39 is 11.9 Å². The number of amides is 2. The third-order valence-corrected chi connectivity index (χ3v) is 3.88. The Morgan fingerprint density at radius 3 is 2.95 bits per heavy atom. The average molecular weight is 311 g/mol. The molecule has 2 amide bonds. The van der Waals surface area contributed by atoms with Crippen molar-refractivity contribution in [3.8, 4) is 0 Å². The van der Waals surface area contributed by atoms with Crippen molar-refractivity contribution in [1.82, 2.24) is 10.7 Å². The molecule has 0 aliphatic carbocycles. The normalized spacial score (nSPS) is 18.1. The lowest BCUT2D eigenvalue weighted by Gasteiger charge is -1.97. The second-order valence-corrected chi connectivity index (χ2v) is 5.40. The first kappa shape index (κ1) is 14.3. The molecular formula is C11H9N3O4S2. The van der Waals surface area contributed by atoms with E-state index in [4.69, 9.17) is 0 Å². The second-order valence-electron chi connectivity index (χ2n) is 3.42. The zero-order valence-electron chi connectivity index (χ0n) is 10.2. The average Bonchev–Trinajstić information content (AvgIpc) is 3.07. The van der Waals surface area contributed by atoms with E-state index >= 15 is 0 Å². The van der Waals surface area contributed by atoms with Crippen molar-refractivity contribution in [2.75, 3.05) is 7.11 Å². The first-order chi connectivity index (χ1) is 9.60. The maximum Gasteiger partial charge on any atom is 0.331 e. The number of thiophene rings is 1. The summed E-state index contributed by atoms with van der Waals surface area (Å²) in [6.45, 7) is 0. The number of amidine groups is 1. The van der Waals surface area contributed by atoms with Gasteiger partial charge in [0, 0.05) is 6.08 Å². The van der Waals surface area contributed by atoms with Gasteiger partial charge in [-0.25, -0.2) is 10.2 Å². The highest BCUT2D eigenvalue weighted by Gasteiger charge is 2.25. The molecule has 2 N–H and O–H groups in total. The number of ether oxygens (including phenoxy) is 1. The molecule has 1 saturated heterocycles. The molecule has 1 aliphatic heterocycles. The van der Waals surface area contributed by atoms with E-state index in [1.165, 1.54) is 18.4 Å². The molecule has 2 heterocycles. The topological polar surface area (TPSA) is 96.9 Å². The predicted octanol–water partition coefficient (Wildman–Crippen LogP) is 0.669. The van der Waals surface area contributed by atoms with Crippen molar-refractivity contribution in [3.05, 3.63) is 33.4 Å². The fourth-order valence-electron chi connectivity index (χ4n) is 1.21. The Bertz CT molecular complexity index is 607. The standard InChI is InChI=1S/C11H9N3O4S2/c1-18-8(15)5-7-9(16)12-11(20-7)14-13-10(17)6-3-2-4-19-6/h2-5H,1H3,(H,13,17)(H,12,14,16). The van der Waals surface area contributed by atoms with Gasteiger partial charge >= 0.3 is 5.97 Å². The van der Waals surface area contributed by atoms with E-state index in [1.54, 1.807) is 17.5 Å². The Kier molecular flexibility index (Phi) is 4.53. The van der Waals surface area contributed by atoms with Gasteiger partial charge in [0.15, 0.2) is 5.17 Å². The molecule has 7 nitrogen and oxygen atoms in total. The van der Waals surface area contributed by atoms with Gasteiger partial charge in [0.1, 0.15) is 0 Å². The molecule has 1 fully saturated rings. The number of carbonyl (C=O) groups excluding carboxylic acids is 3. The van der Waals surface area contributed by atoms with Crippen LogP contribution in [0.3, 0.4) is 0 Å². The summed E-state index contributed by atoms with van der Waals surface area (Å²) in [4.78, 5) is 34.8. The van der Waals surface area contributed by atoms with Crippen molar-refractivity contribution >= 4 is 46.0 Å². The van der Waals surface area contributed by atoms with Crippen LogP contribution in [-0.4, -0.2) is 30.1 Å². The van der Waals surface area contributed by atoms with E-state index in [0.29, 0.717) is 4.88 Å². The van der Waals surface area contributed by atoms with Crippen molar-refractivity contribution in [2.45, 2.75) is 0 Å². The number of rotatable bonds is 3. The highest BCUT2D eigenvalue weighted by molar-refractivity contribution is 8.18. The van der Waals surface area contributed by atoms with Crippen LogP contribution in [0.25, 0.3) is 0 Å². The van der Waals surface area contributed by atoms with E-state index in [2.05, 4.69) is 20.6 Å². The summed E-state index contributed by atoms with van der Waals surface area (Å²) in [5.74, 6) is -1.47. The van der Waals surface area contributed by atoms with Crippen LogP contribution in [0.15, 0.2) is 33.6 Å². The maximum absolute atomic E-state index is 11.6. The fourth-order valence-corrected chi connectivity index (χ4v) is 2.57. The predicted molar refractivity (Wildman–Crippen MR) is 75.1 cm³/mol. The molecule has 0 saturated carbocycles. The largest absolute Gasteiger partial charge is 0.466 e. The molecular weight excluding hydrogens is 302 g/mol. The van der Waals surface area contributed by atoms with Gasteiger partial charge in [-0.3, -0.25) is 14.9 Å². The minimum absolute atomic E-state index is 0.154. The molecule has 0 aromatic carbocycles. The van der Waals surface area contributed by atoms with Crippen LogP contribution in [-0.2, 0) is 14.3 Å². The third-order valence-electron chi connectivity index (χ3n) is 2.10. The number of hydrazone groups is 1. The van der Waals surface area contributed by atoms with Gasteiger partial charge < -0.3 is 4.74 Å². The first-order valence-electron chi connectivity index (χ1n) is 5.30. The van der Waals surface area contributed by atoms with Gasteiger partial charge in [0.25, 0.3) is 11.8 Å². The summed E-state index contributed by atoms with van der Waals surface area (Å²) in [6.07, 6.45) is 1.06. The Labute approximate surface area is 122 Å². The minimum Gasteiger partial charge on any atom is -0.466 e. The van der Waals surface area contributed by atoms with E-state index in [-0.39, 0.29) is 16.0 Å². The lowest BCUT2D eigenvalue weighted by Crippen LogP contribution is -2.24. The zero-order chi connectivity index (χ0) is 14.5. The summed E-state index contributed by atoms with van der Waals surface area (Å²) < 4.78 is 4.43. The second kappa shape index (κ2) is 6.35. The summed E-state index contributed by atoms with van der Waals surface area (Å²) in [7, 11) is 1.22. The van der Waals surface area contributed by atoms with Gasteiger partial charge in [-0.15, -0.1) is 16.4 Å². The molecule has 0 atom stereocenters. The number of esters is 1. The van der Waals surface area contributed by atoms with Gasteiger partial charge in [0.2, 0.25) is 0 Å². The Hall–Kier alpha value is -2.13. The van der Waals surface area contributed by atoms with Crippen LogP contribution in [0.1, 0.15) is 9.67 Å². The van der Waals surface area contributed by atoms with Crippen LogP contribution < -0.4 is 10.7 Å². The van der Waals surface area contributed by atoms with Crippen LogP contribution >= 0.6 is 23.1 Å². The molecule has 0 bridgehead atoms. The highest BCUT2D eigenvalue weighted by atomic mass is 32.2. The summed E-state index contributed by atoms with van der Waals surface area (Å²) in [5.41, 5.74) is 2.32. The summed E-state index contributed by atoms with van der Waals surface area (Å²) in [6, 6.07) is 3.40. The third kappa shape index (κ3) is 3.45. The molecule has 0 spiro atoms. The van der Waals surface area contributed by atoms with Gasteiger partial charge in [-0.1, -0.05) is 6.07 Å². The molecule has 1 aliphatic rings. The van der Waals surface area contributed by atoms with E-state index in [9.17, 15) is 14.4 Å². The Morgan fingerprint density at radius 1 is 1.50 bits per heavy atom. The van der Waals surface area contributed by atoms with Gasteiger partial charge in [-0.05, 0) is 23.2 Å². The fraction of sp³-hybridized carbons (Fsp3) is 0.0909. The maximum atomic E-state index is 11.6. The van der Waals surface area contributed by atoms with Crippen molar-refractivity contribution < 1.29 is 19.1 Å². The monoisotopic (exact) mass is 311 g/mol. The number of nitrogens with one attached hydrogen (secondary N) is 2. The molecule has 9 heteroatoms. The van der Waals surface area contributed by atoms with Crippen LogP contribution in [0.4, 0.5) is 0 Å². The van der Waals surface area contributed by atoms with Crippen molar-refractivity contribution in [1.29, 1.82) is 0 Å². The van der Waals surface area contributed by atoms with Crippen molar-refractivity contribution in [2.24, 2.45) is 5.10 Å². The lowest BCUT2D eigenvalue weighted by molar-refractivity contribution is -0.135. The summed E-state index contributed by atoms with van der Waals surface area (Å²) in [5, 5.41) is 8.15. The summed E-state index contributed by atoms with van der Waals surface area (Å²) >= 11 is 2.22. The molecule has 1 aromatic heterocycles. The van der Waals surface area contributed by atoms with E-state index in [1.807, 2.05) is 0 Å². The van der Waals surface area contributed by atoms with Crippen LogP contribution in [0, 0.1) is 0 Å². The number of hydrogen-bond donors (Lipinski definition) is 2. The first-order valence-corrected chi connectivity index (χ1v) is 7.00. The smallest absolute Gasteiger partial charge is 0.331 e. The number of nitrogens with zero attached hydrogens (tertiary/aromatic N) is 1. The Morgan fingerprint density at radius 2 is 2.30 bits per heavy atom. The van der Waals surface area contributed by atoms with Crippen molar-refractivity contribution in [3.63, 3.8) is 0 Å². The number of thioether (sulfide) groups is 1.